The fourth-order valence-corrected chi connectivity index (χ4v) is 5.66. The van der Waals surface area contributed by atoms with Crippen molar-refractivity contribution in [1.82, 2.24) is 5.32 Å². The van der Waals surface area contributed by atoms with Gasteiger partial charge in [-0.1, -0.05) is 152 Å². The van der Waals surface area contributed by atoms with E-state index in [-0.39, 0.29) is 12.3 Å². The molecule has 2 amide bonds. The SMILES string of the molecule is NC(=O)[C@@H](NC(=O)CC(c1ccccc1)(c1ccccc1)c1ccccc1)C(c1ccccc1)c1ccccc1. The number of hydrogen-bond acceptors (Lipinski definition) is 2. The first-order chi connectivity index (χ1) is 19.6. The summed E-state index contributed by atoms with van der Waals surface area (Å²) < 4.78 is 0. The van der Waals surface area contributed by atoms with Crippen LogP contribution in [0.5, 0.6) is 0 Å². The van der Waals surface area contributed by atoms with Gasteiger partial charge in [0.1, 0.15) is 6.04 Å². The summed E-state index contributed by atoms with van der Waals surface area (Å²) in [5.41, 5.74) is 9.98. The highest BCUT2D eigenvalue weighted by molar-refractivity contribution is 5.89. The van der Waals surface area contributed by atoms with Gasteiger partial charge in [-0.2, -0.15) is 0 Å². The molecule has 0 unspecified atom stereocenters. The molecule has 5 rings (SSSR count). The molecule has 0 aromatic heterocycles. The second kappa shape index (κ2) is 12.3. The zero-order chi connectivity index (χ0) is 27.8. The molecule has 4 nitrogen and oxygen atoms in total. The number of primary amides is 1. The van der Waals surface area contributed by atoms with E-state index in [4.69, 9.17) is 5.73 Å². The molecule has 0 saturated carbocycles. The third-order valence-electron chi connectivity index (χ3n) is 7.50. The van der Waals surface area contributed by atoms with Crippen LogP contribution in [0.15, 0.2) is 152 Å². The van der Waals surface area contributed by atoms with Gasteiger partial charge in [-0.15, -0.1) is 0 Å². The van der Waals surface area contributed by atoms with E-state index in [1.807, 2.05) is 115 Å². The Hall–Kier alpha value is -4.96. The zero-order valence-corrected chi connectivity index (χ0v) is 22.2. The van der Waals surface area contributed by atoms with E-state index in [9.17, 15) is 9.59 Å². The van der Waals surface area contributed by atoms with Crippen LogP contribution in [0.25, 0.3) is 0 Å². The first-order valence-corrected chi connectivity index (χ1v) is 13.4. The van der Waals surface area contributed by atoms with Crippen molar-refractivity contribution in [2.45, 2.75) is 23.8 Å². The Morgan fingerprint density at radius 3 is 1.20 bits per heavy atom. The zero-order valence-electron chi connectivity index (χ0n) is 22.2. The summed E-state index contributed by atoms with van der Waals surface area (Å²) in [7, 11) is 0. The van der Waals surface area contributed by atoms with E-state index < -0.39 is 23.3 Å². The maximum absolute atomic E-state index is 14.1. The van der Waals surface area contributed by atoms with Crippen LogP contribution in [0.3, 0.4) is 0 Å². The van der Waals surface area contributed by atoms with Crippen LogP contribution in [-0.4, -0.2) is 17.9 Å². The van der Waals surface area contributed by atoms with Crippen LogP contribution in [0.4, 0.5) is 0 Å². The van der Waals surface area contributed by atoms with E-state index >= 15 is 0 Å². The molecule has 0 radical (unpaired) electrons. The summed E-state index contributed by atoms with van der Waals surface area (Å²) in [5, 5.41) is 3.06. The van der Waals surface area contributed by atoms with Crippen LogP contribution in [0, 0.1) is 0 Å². The smallest absolute Gasteiger partial charge is 0.240 e. The summed E-state index contributed by atoms with van der Waals surface area (Å²) in [5.74, 6) is -1.29. The van der Waals surface area contributed by atoms with Gasteiger partial charge in [0.2, 0.25) is 11.8 Å². The third-order valence-corrected chi connectivity index (χ3v) is 7.50. The van der Waals surface area contributed by atoms with Crippen LogP contribution >= 0.6 is 0 Å². The van der Waals surface area contributed by atoms with Gasteiger partial charge < -0.3 is 11.1 Å². The quantitative estimate of drug-likeness (QED) is 0.213. The van der Waals surface area contributed by atoms with E-state index in [1.165, 1.54) is 0 Å². The second-order valence-corrected chi connectivity index (χ2v) is 9.93. The Balaban J connectivity index is 1.59. The van der Waals surface area contributed by atoms with Crippen molar-refractivity contribution in [2.75, 3.05) is 0 Å². The molecular formula is C36H32N2O2. The van der Waals surface area contributed by atoms with Gasteiger partial charge in [0.25, 0.3) is 0 Å². The number of carbonyl (C=O) groups is 2. The van der Waals surface area contributed by atoms with E-state index in [1.54, 1.807) is 0 Å². The van der Waals surface area contributed by atoms with Crippen LogP contribution < -0.4 is 11.1 Å². The minimum atomic E-state index is -0.947. The molecule has 198 valence electrons. The van der Waals surface area contributed by atoms with E-state index in [2.05, 4.69) is 41.7 Å². The van der Waals surface area contributed by atoms with Crippen molar-refractivity contribution in [1.29, 1.82) is 0 Å². The van der Waals surface area contributed by atoms with E-state index in [0.29, 0.717) is 0 Å². The van der Waals surface area contributed by atoms with Gasteiger partial charge in [0, 0.05) is 12.3 Å². The summed E-state index contributed by atoms with van der Waals surface area (Å²) in [6.45, 7) is 0. The Bertz CT molecular complexity index is 1390. The Labute approximate surface area is 235 Å². The third kappa shape index (κ3) is 5.57. The molecule has 5 aromatic carbocycles. The molecule has 40 heavy (non-hydrogen) atoms. The standard InChI is InChI=1S/C36H32N2O2/c37-35(40)34(33(27-16-6-1-7-17-27)28-18-8-2-9-19-28)38-32(39)26-36(29-20-10-3-11-21-29,30-22-12-4-13-23-30)31-24-14-5-15-25-31/h1-25,33-34H,26H2,(H2,37,40)(H,38,39)/t34-/m0/s1. The van der Waals surface area contributed by atoms with Crippen LogP contribution in [-0.2, 0) is 15.0 Å². The molecule has 1 atom stereocenters. The van der Waals surface area contributed by atoms with Crippen molar-refractivity contribution in [3.05, 3.63) is 179 Å². The van der Waals surface area contributed by atoms with Crippen LogP contribution in [0.1, 0.15) is 40.2 Å². The normalized spacial score (nSPS) is 12.0. The molecular weight excluding hydrogens is 492 g/mol. The fourth-order valence-electron chi connectivity index (χ4n) is 5.66. The highest BCUT2D eigenvalue weighted by Gasteiger charge is 2.40. The van der Waals surface area contributed by atoms with Crippen molar-refractivity contribution in [3.63, 3.8) is 0 Å². The molecule has 0 fully saturated rings. The monoisotopic (exact) mass is 524 g/mol. The lowest BCUT2D eigenvalue weighted by molar-refractivity contribution is -0.128. The average Bonchev–Trinajstić information content (AvgIpc) is 3.02. The summed E-state index contributed by atoms with van der Waals surface area (Å²) in [6.07, 6.45) is 0.0884. The van der Waals surface area contributed by atoms with Crippen LogP contribution in [0.2, 0.25) is 0 Å². The number of hydrogen-bond donors (Lipinski definition) is 2. The molecule has 0 aliphatic heterocycles. The lowest BCUT2D eigenvalue weighted by atomic mass is 9.67. The topological polar surface area (TPSA) is 72.2 Å². The molecule has 0 aliphatic carbocycles. The van der Waals surface area contributed by atoms with E-state index in [0.717, 1.165) is 27.8 Å². The molecule has 0 bridgehead atoms. The number of benzene rings is 5. The Morgan fingerprint density at radius 1 is 0.550 bits per heavy atom. The first-order valence-electron chi connectivity index (χ1n) is 13.4. The molecule has 0 spiro atoms. The Kier molecular flexibility index (Phi) is 8.17. The Morgan fingerprint density at radius 2 is 0.875 bits per heavy atom. The highest BCUT2D eigenvalue weighted by atomic mass is 16.2. The van der Waals surface area contributed by atoms with Gasteiger partial charge in [-0.3, -0.25) is 9.59 Å². The van der Waals surface area contributed by atoms with Crippen molar-refractivity contribution in [3.8, 4) is 0 Å². The lowest BCUT2D eigenvalue weighted by Gasteiger charge is -2.36. The number of nitrogens with two attached hydrogens (primary N) is 1. The molecule has 0 saturated heterocycles. The van der Waals surface area contributed by atoms with Crippen molar-refractivity contribution < 1.29 is 9.59 Å². The molecule has 5 aromatic rings. The predicted molar refractivity (Wildman–Crippen MR) is 160 cm³/mol. The van der Waals surface area contributed by atoms with Gasteiger partial charge in [-0.05, 0) is 27.8 Å². The number of rotatable bonds is 10. The number of nitrogens with one attached hydrogen (secondary N) is 1. The highest BCUT2D eigenvalue weighted by Crippen LogP contribution is 2.42. The van der Waals surface area contributed by atoms with Gasteiger partial charge >= 0.3 is 0 Å². The summed E-state index contributed by atoms with van der Waals surface area (Å²) in [4.78, 5) is 27.1. The molecule has 0 heterocycles. The van der Waals surface area contributed by atoms with Gasteiger partial charge in [-0.25, -0.2) is 0 Å². The number of amides is 2. The summed E-state index contributed by atoms with van der Waals surface area (Å²) >= 11 is 0. The van der Waals surface area contributed by atoms with Crippen molar-refractivity contribution >= 4 is 11.8 Å². The predicted octanol–water partition coefficient (Wildman–Crippen LogP) is 6.21. The van der Waals surface area contributed by atoms with Gasteiger partial charge in [0.05, 0.1) is 5.41 Å². The largest absolute Gasteiger partial charge is 0.368 e. The molecule has 0 aliphatic rings. The number of carbonyl (C=O) groups excluding carboxylic acids is 2. The lowest BCUT2D eigenvalue weighted by Crippen LogP contribution is -2.50. The van der Waals surface area contributed by atoms with Crippen molar-refractivity contribution in [2.24, 2.45) is 5.73 Å². The first kappa shape index (κ1) is 26.6. The average molecular weight is 525 g/mol. The fraction of sp³-hybridized carbons (Fsp3) is 0.111. The minimum Gasteiger partial charge on any atom is -0.368 e. The maximum Gasteiger partial charge on any atom is 0.240 e. The summed E-state index contributed by atoms with van der Waals surface area (Å²) in [6, 6.07) is 48.6. The second-order valence-electron chi connectivity index (χ2n) is 9.93. The molecule has 3 N–H and O–H groups in total. The van der Waals surface area contributed by atoms with Gasteiger partial charge in [0.15, 0.2) is 0 Å². The maximum atomic E-state index is 14.1. The molecule has 4 heteroatoms. The minimum absolute atomic E-state index is 0.0884.